The summed E-state index contributed by atoms with van der Waals surface area (Å²) >= 11 is 0. The Kier molecular flexibility index (Phi) is 7.17. The van der Waals surface area contributed by atoms with Gasteiger partial charge in [-0.1, -0.05) is 12.1 Å². The number of phenolic OH excluding ortho intramolecular Hbond substituents is 1. The summed E-state index contributed by atoms with van der Waals surface area (Å²) in [7, 11) is 4.15. The van der Waals surface area contributed by atoms with Crippen LogP contribution in [0.1, 0.15) is 37.6 Å². The lowest BCUT2D eigenvalue weighted by atomic mass is 9.79. The van der Waals surface area contributed by atoms with E-state index in [4.69, 9.17) is 4.98 Å². The summed E-state index contributed by atoms with van der Waals surface area (Å²) in [6.07, 6.45) is 2.17. The molecule has 2 aliphatic rings. The number of hydrogen-bond donors (Lipinski definition) is 2. The maximum atomic E-state index is 14.5. The van der Waals surface area contributed by atoms with Crippen molar-refractivity contribution in [3.05, 3.63) is 64.2 Å². The van der Waals surface area contributed by atoms with E-state index in [9.17, 15) is 18.7 Å². The van der Waals surface area contributed by atoms with Gasteiger partial charge in [0.15, 0.2) is 0 Å². The molecule has 1 unspecified atom stereocenters. The third-order valence-corrected chi connectivity index (χ3v) is 8.58. The molecule has 2 fully saturated rings. The van der Waals surface area contributed by atoms with Gasteiger partial charge in [-0.05, 0) is 82.7 Å². The van der Waals surface area contributed by atoms with Crippen LogP contribution < -0.4 is 15.8 Å². The number of alkyl halides is 2. The van der Waals surface area contributed by atoms with Crippen molar-refractivity contribution < 1.29 is 13.9 Å². The molecule has 0 spiro atoms. The summed E-state index contributed by atoms with van der Waals surface area (Å²) in [4.78, 5) is 22.7. The Morgan fingerprint density at radius 3 is 2.58 bits per heavy atom. The number of piperidine rings is 2. The van der Waals surface area contributed by atoms with Crippen molar-refractivity contribution in [3.63, 3.8) is 0 Å². The molecular weight excluding hydrogens is 488 g/mol. The highest BCUT2D eigenvalue weighted by atomic mass is 19.3. The zero-order chi connectivity index (χ0) is 27.1. The van der Waals surface area contributed by atoms with E-state index in [2.05, 4.69) is 35.3 Å². The van der Waals surface area contributed by atoms with Crippen LogP contribution in [0.2, 0.25) is 0 Å². The van der Waals surface area contributed by atoms with Crippen LogP contribution in [-0.4, -0.2) is 65.8 Å². The van der Waals surface area contributed by atoms with Gasteiger partial charge in [-0.2, -0.15) is 0 Å². The fourth-order valence-corrected chi connectivity index (χ4v) is 6.22. The topological polar surface area (TPSA) is 73.6 Å². The van der Waals surface area contributed by atoms with Gasteiger partial charge in [0.25, 0.3) is 11.5 Å². The molecule has 3 heterocycles. The molecule has 2 aromatic carbocycles. The van der Waals surface area contributed by atoms with E-state index in [0.29, 0.717) is 36.2 Å². The second kappa shape index (κ2) is 10.3. The quantitative estimate of drug-likeness (QED) is 0.508. The minimum atomic E-state index is -2.82. The van der Waals surface area contributed by atoms with E-state index in [0.717, 1.165) is 37.2 Å². The predicted octanol–water partition coefficient (Wildman–Crippen LogP) is 3.97. The number of phenols is 1. The Bertz CT molecular complexity index is 1360. The lowest BCUT2D eigenvalue weighted by Gasteiger charge is -2.47. The second-order valence-corrected chi connectivity index (χ2v) is 10.9. The van der Waals surface area contributed by atoms with Crippen LogP contribution in [0.25, 0.3) is 10.9 Å². The lowest BCUT2D eigenvalue weighted by Crippen LogP contribution is -2.50. The van der Waals surface area contributed by atoms with E-state index in [1.807, 2.05) is 37.3 Å². The van der Waals surface area contributed by atoms with Crippen molar-refractivity contribution >= 4 is 16.6 Å². The third-order valence-electron chi connectivity index (χ3n) is 8.58. The Balaban J connectivity index is 1.42. The van der Waals surface area contributed by atoms with Crippen molar-refractivity contribution in [2.45, 2.75) is 50.6 Å². The maximum Gasteiger partial charge on any atom is 0.263 e. The Hall–Kier alpha value is -3.04. The van der Waals surface area contributed by atoms with Gasteiger partial charge in [0.05, 0.1) is 17.4 Å². The van der Waals surface area contributed by atoms with Crippen LogP contribution in [0.15, 0.2) is 47.3 Å². The first-order valence-corrected chi connectivity index (χ1v) is 13.5. The normalized spacial score (nSPS) is 21.2. The molecule has 7 nitrogen and oxygen atoms in total. The maximum absolute atomic E-state index is 14.5. The number of nitrogens with zero attached hydrogens (tertiary/aromatic N) is 4. The molecule has 204 valence electrons. The number of rotatable bonds is 6. The van der Waals surface area contributed by atoms with Gasteiger partial charge in [-0.15, -0.1) is 0 Å². The molecular formula is C29H37F2N5O2. The smallest absolute Gasteiger partial charge is 0.263 e. The van der Waals surface area contributed by atoms with E-state index in [1.54, 1.807) is 10.6 Å². The average Bonchev–Trinajstić information content (AvgIpc) is 2.90. The van der Waals surface area contributed by atoms with Gasteiger partial charge >= 0.3 is 0 Å². The molecule has 1 aromatic heterocycles. The van der Waals surface area contributed by atoms with Crippen LogP contribution in [0.3, 0.4) is 0 Å². The number of nitrogens with one attached hydrogen (secondary N) is 1. The molecule has 0 saturated carbocycles. The fourth-order valence-electron chi connectivity index (χ4n) is 6.22. The summed E-state index contributed by atoms with van der Waals surface area (Å²) in [6.45, 7) is 4.03. The number of hydrogen-bond acceptors (Lipinski definition) is 6. The molecule has 0 bridgehead atoms. The third kappa shape index (κ3) is 4.78. The Morgan fingerprint density at radius 2 is 1.92 bits per heavy atom. The van der Waals surface area contributed by atoms with Crippen LogP contribution in [-0.2, 0) is 18.5 Å². The van der Waals surface area contributed by atoms with Gasteiger partial charge in [0, 0.05) is 43.2 Å². The molecule has 0 aliphatic carbocycles. The molecule has 3 aromatic rings. The average molecular weight is 526 g/mol. The van der Waals surface area contributed by atoms with Gasteiger partial charge in [-0.3, -0.25) is 14.3 Å². The van der Waals surface area contributed by atoms with Crippen LogP contribution >= 0.6 is 0 Å². The van der Waals surface area contributed by atoms with Crippen molar-refractivity contribution in [2.24, 2.45) is 5.92 Å². The Morgan fingerprint density at radius 1 is 1.16 bits per heavy atom. The summed E-state index contributed by atoms with van der Waals surface area (Å²) in [5, 5.41) is 13.3. The first kappa shape index (κ1) is 26.6. The minimum Gasteiger partial charge on any atom is -0.508 e. The van der Waals surface area contributed by atoms with Crippen LogP contribution in [0.5, 0.6) is 5.75 Å². The molecule has 2 saturated heterocycles. The molecule has 2 aliphatic heterocycles. The highest BCUT2D eigenvalue weighted by molar-refractivity contribution is 5.82. The monoisotopic (exact) mass is 525 g/mol. The number of halogens is 2. The van der Waals surface area contributed by atoms with Gasteiger partial charge in [0.1, 0.15) is 11.6 Å². The number of aromatic hydroxyl groups is 1. The van der Waals surface area contributed by atoms with E-state index >= 15 is 0 Å². The molecule has 0 radical (unpaired) electrons. The predicted molar refractivity (Wildman–Crippen MR) is 146 cm³/mol. The van der Waals surface area contributed by atoms with Crippen LogP contribution in [0, 0.1) is 5.92 Å². The highest BCUT2D eigenvalue weighted by Gasteiger charge is 2.42. The molecule has 2 N–H and O–H groups in total. The number of benzene rings is 2. The zero-order valence-electron chi connectivity index (χ0n) is 22.4. The fraction of sp³-hybridized carbons (Fsp3) is 0.517. The number of aromatic nitrogens is 2. The SMILES string of the molecule is CCn1c(CC2CCNCC2(F)F)nc2ccc(N3CCC(c4cccc(O)c4)(N(C)C)CC3)cc2c1=O. The van der Waals surface area contributed by atoms with Gasteiger partial charge in [-0.25, -0.2) is 13.8 Å². The summed E-state index contributed by atoms with van der Waals surface area (Å²) in [5.74, 6) is -2.95. The first-order chi connectivity index (χ1) is 18.1. The van der Waals surface area contributed by atoms with Crippen molar-refractivity contribution in [3.8, 4) is 5.75 Å². The number of fused-ring (bicyclic) bond motifs is 1. The highest BCUT2D eigenvalue weighted by Crippen LogP contribution is 2.40. The van der Waals surface area contributed by atoms with Crippen LogP contribution in [0.4, 0.5) is 14.5 Å². The molecule has 9 heteroatoms. The number of anilines is 1. The van der Waals surface area contributed by atoms with Crippen molar-refractivity contribution in [1.82, 2.24) is 19.8 Å². The standard InChI is InChI=1S/C29H37F2N5O2/c1-4-36-26(17-21-10-13-32-19-29(21,30)31)33-25-9-8-22(18-24(25)27(36)38)35-14-11-28(12-15-35,34(2)3)20-6-5-7-23(37)16-20/h5-9,16,18,21,32,37H,4,10-15,17,19H2,1-3H3. The Labute approximate surface area is 222 Å². The summed E-state index contributed by atoms with van der Waals surface area (Å²) in [5.41, 5.74) is 2.25. The summed E-state index contributed by atoms with van der Waals surface area (Å²) < 4.78 is 30.5. The first-order valence-electron chi connectivity index (χ1n) is 13.5. The molecule has 5 rings (SSSR count). The minimum absolute atomic E-state index is 0.0865. The van der Waals surface area contributed by atoms with E-state index in [-0.39, 0.29) is 29.8 Å². The van der Waals surface area contributed by atoms with Crippen molar-refractivity contribution in [2.75, 3.05) is 45.2 Å². The summed E-state index contributed by atoms with van der Waals surface area (Å²) in [6, 6.07) is 13.2. The molecule has 0 amide bonds. The van der Waals surface area contributed by atoms with Gasteiger partial charge < -0.3 is 15.3 Å². The largest absolute Gasteiger partial charge is 0.508 e. The zero-order valence-corrected chi connectivity index (χ0v) is 22.4. The molecule has 38 heavy (non-hydrogen) atoms. The van der Waals surface area contributed by atoms with Gasteiger partial charge in [0.2, 0.25) is 0 Å². The van der Waals surface area contributed by atoms with E-state index in [1.165, 1.54) is 0 Å². The lowest BCUT2D eigenvalue weighted by molar-refractivity contribution is -0.0736. The van der Waals surface area contributed by atoms with Crippen molar-refractivity contribution in [1.29, 1.82) is 0 Å². The molecule has 1 atom stereocenters. The second-order valence-electron chi connectivity index (χ2n) is 10.9. The van der Waals surface area contributed by atoms with E-state index < -0.39 is 11.8 Å².